The molecule has 2 aromatic heterocycles. The van der Waals surface area contributed by atoms with Gasteiger partial charge >= 0.3 is 0 Å². The zero-order valence-corrected chi connectivity index (χ0v) is 29.8. The number of rotatable bonds is 7. The van der Waals surface area contributed by atoms with Gasteiger partial charge in [-0.1, -0.05) is 97.1 Å². The maximum atomic E-state index is 2.39. The fourth-order valence-electron chi connectivity index (χ4n) is 7.37. The van der Waals surface area contributed by atoms with E-state index in [1.165, 1.54) is 51.5 Å². The van der Waals surface area contributed by atoms with Crippen LogP contribution < -0.4 is 9.80 Å². The first-order valence-electron chi connectivity index (χ1n) is 17.5. The molecule has 0 aliphatic rings. The lowest BCUT2D eigenvalue weighted by molar-refractivity contribution is 1.29. The highest BCUT2D eigenvalue weighted by molar-refractivity contribution is 7.26. The van der Waals surface area contributed by atoms with Gasteiger partial charge in [0.05, 0.1) is 0 Å². The van der Waals surface area contributed by atoms with Gasteiger partial charge in [-0.2, -0.15) is 0 Å². The zero-order chi connectivity index (χ0) is 34.4. The molecule has 0 aliphatic heterocycles. The van der Waals surface area contributed by atoms with Gasteiger partial charge in [0.1, 0.15) is 0 Å². The SMILES string of the molecule is c1ccc(-c2ccc3sc4ccc(N(c5ccccc5)c5ccc6c(c5)sc5ccc(N(c7ccccc7)c7ccccc7)cc56)cc4c3c2)cc1. The van der Waals surface area contributed by atoms with Crippen LogP contribution >= 0.6 is 22.7 Å². The molecule has 0 atom stereocenters. The van der Waals surface area contributed by atoms with E-state index < -0.39 is 0 Å². The maximum Gasteiger partial charge on any atom is 0.0476 e. The minimum Gasteiger partial charge on any atom is -0.310 e. The Kier molecular flexibility index (Phi) is 7.56. The summed E-state index contributed by atoms with van der Waals surface area (Å²) in [4.78, 5) is 4.73. The Morgan fingerprint density at radius 3 is 1.21 bits per heavy atom. The third-order valence-corrected chi connectivity index (χ3v) is 12.1. The second kappa shape index (κ2) is 12.8. The Balaban J connectivity index is 1.09. The van der Waals surface area contributed by atoms with E-state index in [2.05, 4.69) is 204 Å². The van der Waals surface area contributed by atoms with Crippen LogP contribution in [-0.4, -0.2) is 0 Å². The molecule has 2 nitrogen and oxygen atoms in total. The van der Waals surface area contributed by atoms with Gasteiger partial charge < -0.3 is 9.80 Å². The van der Waals surface area contributed by atoms with Crippen molar-refractivity contribution >= 4 is 97.1 Å². The monoisotopic (exact) mass is 700 g/mol. The molecule has 0 spiro atoms. The van der Waals surface area contributed by atoms with Crippen LogP contribution in [0.15, 0.2) is 194 Å². The topological polar surface area (TPSA) is 6.48 Å². The predicted molar refractivity (Wildman–Crippen MR) is 227 cm³/mol. The minimum absolute atomic E-state index is 1.13. The van der Waals surface area contributed by atoms with Crippen molar-refractivity contribution in [1.29, 1.82) is 0 Å². The summed E-state index contributed by atoms with van der Waals surface area (Å²) >= 11 is 3.72. The van der Waals surface area contributed by atoms with Crippen molar-refractivity contribution < 1.29 is 0 Å². The first-order valence-corrected chi connectivity index (χ1v) is 19.1. The molecule has 0 fully saturated rings. The van der Waals surface area contributed by atoms with Crippen molar-refractivity contribution in [2.75, 3.05) is 9.80 Å². The van der Waals surface area contributed by atoms with Crippen LogP contribution in [0.4, 0.5) is 34.1 Å². The molecule has 0 bridgehead atoms. The van der Waals surface area contributed by atoms with Crippen molar-refractivity contribution in [3.05, 3.63) is 194 Å². The van der Waals surface area contributed by atoms with Crippen molar-refractivity contribution in [1.82, 2.24) is 0 Å². The quantitative estimate of drug-likeness (QED) is 0.163. The van der Waals surface area contributed by atoms with Gasteiger partial charge in [-0.15, -0.1) is 22.7 Å². The van der Waals surface area contributed by atoms with Gasteiger partial charge in [0.15, 0.2) is 0 Å². The lowest BCUT2D eigenvalue weighted by Gasteiger charge is -2.26. The molecule has 0 saturated heterocycles. The molecule has 4 heteroatoms. The Labute approximate surface area is 310 Å². The number of para-hydroxylation sites is 3. The van der Waals surface area contributed by atoms with Gasteiger partial charge in [-0.05, 0) is 108 Å². The molecule has 0 aliphatic carbocycles. The average Bonchev–Trinajstić information content (AvgIpc) is 3.77. The molecule has 0 N–H and O–H groups in total. The minimum atomic E-state index is 1.13. The number of benzene rings is 8. The van der Waals surface area contributed by atoms with E-state index in [-0.39, 0.29) is 0 Å². The van der Waals surface area contributed by atoms with Crippen molar-refractivity contribution in [2.45, 2.75) is 0 Å². The molecule has 0 unspecified atom stereocenters. The summed E-state index contributed by atoms with van der Waals surface area (Å²) < 4.78 is 5.16. The Morgan fingerprint density at radius 1 is 0.250 bits per heavy atom. The summed E-state index contributed by atoms with van der Waals surface area (Å²) in [6.45, 7) is 0. The second-order valence-corrected chi connectivity index (χ2v) is 15.2. The molecule has 8 aromatic carbocycles. The lowest BCUT2D eigenvalue weighted by Crippen LogP contribution is -2.09. The summed E-state index contributed by atoms with van der Waals surface area (Å²) in [7, 11) is 0. The standard InChI is InChI=1S/C48H32N2S2/c1-5-13-33(14-6-1)34-21-26-45-42(29-34)44-31-39(24-28-47(44)51-45)50(37-19-11-4-12-20-37)40-22-25-41-43-30-38(23-27-46(43)52-48(41)32-40)49(35-15-7-2-8-16-35)36-17-9-3-10-18-36/h1-32H. The molecule has 10 aromatic rings. The van der Waals surface area contributed by atoms with Crippen molar-refractivity contribution in [3.63, 3.8) is 0 Å². The molecule has 52 heavy (non-hydrogen) atoms. The number of thiophene rings is 2. The smallest absolute Gasteiger partial charge is 0.0476 e. The second-order valence-electron chi connectivity index (χ2n) is 13.0. The van der Waals surface area contributed by atoms with Crippen LogP contribution in [0.3, 0.4) is 0 Å². The number of hydrogen-bond acceptors (Lipinski definition) is 4. The number of hydrogen-bond donors (Lipinski definition) is 0. The van der Waals surface area contributed by atoms with E-state index >= 15 is 0 Å². The van der Waals surface area contributed by atoms with E-state index in [9.17, 15) is 0 Å². The molecule has 0 saturated carbocycles. The molecule has 10 rings (SSSR count). The summed E-state index contributed by atoms with van der Waals surface area (Å²) in [5, 5.41) is 5.13. The van der Waals surface area contributed by atoms with E-state index in [1.807, 2.05) is 22.7 Å². The van der Waals surface area contributed by atoms with Crippen molar-refractivity contribution in [3.8, 4) is 11.1 Å². The highest BCUT2D eigenvalue weighted by Gasteiger charge is 2.18. The fraction of sp³-hybridized carbons (Fsp3) is 0. The highest BCUT2D eigenvalue weighted by Crippen LogP contribution is 2.45. The molecule has 0 amide bonds. The normalized spacial score (nSPS) is 11.5. The van der Waals surface area contributed by atoms with Crippen molar-refractivity contribution in [2.24, 2.45) is 0 Å². The maximum absolute atomic E-state index is 2.39. The summed E-state index contributed by atoms with van der Waals surface area (Å²) in [5.41, 5.74) is 9.33. The van der Waals surface area contributed by atoms with Gasteiger partial charge in [-0.25, -0.2) is 0 Å². The third kappa shape index (κ3) is 5.41. The summed E-state index contributed by atoms with van der Waals surface area (Å²) in [6.07, 6.45) is 0. The predicted octanol–water partition coefficient (Wildman–Crippen LogP) is 15.0. The van der Waals surface area contributed by atoms with Crippen LogP contribution in [-0.2, 0) is 0 Å². The van der Waals surface area contributed by atoms with E-state index in [1.54, 1.807) is 0 Å². The molecule has 2 heterocycles. The van der Waals surface area contributed by atoms with Gasteiger partial charge in [-0.3, -0.25) is 0 Å². The molecular weight excluding hydrogens is 669 g/mol. The summed E-state index contributed by atoms with van der Waals surface area (Å²) in [5.74, 6) is 0. The number of anilines is 6. The van der Waals surface area contributed by atoms with Crippen LogP contribution in [0.1, 0.15) is 0 Å². The highest BCUT2D eigenvalue weighted by atomic mass is 32.1. The van der Waals surface area contributed by atoms with E-state index in [4.69, 9.17) is 0 Å². The number of fused-ring (bicyclic) bond motifs is 6. The summed E-state index contributed by atoms with van der Waals surface area (Å²) in [6, 6.07) is 70.3. The third-order valence-electron chi connectivity index (χ3n) is 9.82. The van der Waals surface area contributed by atoms with Crippen LogP contribution in [0.25, 0.3) is 51.5 Å². The Hall–Kier alpha value is -6.20. The van der Waals surface area contributed by atoms with Crippen LogP contribution in [0.5, 0.6) is 0 Å². The number of nitrogens with zero attached hydrogens (tertiary/aromatic N) is 2. The van der Waals surface area contributed by atoms with E-state index in [0.717, 1.165) is 34.1 Å². The van der Waals surface area contributed by atoms with Gasteiger partial charge in [0.2, 0.25) is 0 Å². The lowest BCUT2D eigenvalue weighted by atomic mass is 10.0. The van der Waals surface area contributed by atoms with Gasteiger partial charge in [0, 0.05) is 74.5 Å². The fourth-order valence-corrected chi connectivity index (χ4v) is 9.56. The Morgan fingerprint density at radius 2 is 0.654 bits per heavy atom. The van der Waals surface area contributed by atoms with Gasteiger partial charge in [0.25, 0.3) is 0 Å². The first kappa shape index (κ1) is 30.6. The largest absolute Gasteiger partial charge is 0.310 e. The van der Waals surface area contributed by atoms with E-state index in [0.29, 0.717) is 0 Å². The Bertz CT molecular complexity index is 2800. The zero-order valence-electron chi connectivity index (χ0n) is 28.2. The average molecular weight is 701 g/mol. The molecule has 0 radical (unpaired) electrons. The molecule has 246 valence electrons. The van der Waals surface area contributed by atoms with Crippen LogP contribution in [0, 0.1) is 0 Å². The molecular formula is C48H32N2S2. The first-order chi connectivity index (χ1) is 25.8. The van der Waals surface area contributed by atoms with Crippen LogP contribution in [0.2, 0.25) is 0 Å².